The molecule has 252 valence electrons. The zero-order chi connectivity index (χ0) is 35.1. The number of aromatic nitrogens is 3. The maximum Gasteiger partial charge on any atom is 0.352 e. The van der Waals surface area contributed by atoms with Crippen LogP contribution in [-0.4, -0.2) is 83.1 Å². The van der Waals surface area contributed by atoms with Gasteiger partial charge in [0.15, 0.2) is 10.8 Å². The third-order valence-electron chi connectivity index (χ3n) is 7.33. The van der Waals surface area contributed by atoms with E-state index in [-0.39, 0.29) is 33.8 Å². The number of benzene rings is 1. The molecule has 0 aliphatic carbocycles. The largest absolute Gasteiger partial charge is 0.478 e. The summed E-state index contributed by atoms with van der Waals surface area (Å²) in [6.07, 6.45) is 0. The minimum atomic E-state index is -1.78. The van der Waals surface area contributed by atoms with Gasteiger partial charge >= 0.3 is 17.1 Å². The van der Waals surface area contributed by atoms with Crippen LogP contribution in [0.1, 0.15) is 30.7 Å². The summed E-state index contributed by atoms with van der Waals surface area (Å²) in [4.78, 5) is 65.6. The van der Waals surface area contributed by atoms with Crippen LogP contribution >= 0.6 is 34.9 Å². The molecule has 1 saturated heterocycles. The number of rotatable bonds is 11. The fraction of sp³-hybridized carbons (Fsp3) is 0.310. The van der Waals surface area contributed by atoms with Gasteiger partial charge in [-0.05, 0) is 56.7 Å². The van der Waals surface area contributed by atoms with Crippen LogP contribution in [0.25, 0.3) is 5.69 Å². The van der Waals surface area contributed by atoms with Crippen molar-refractivity contribution in [1.82, 2.24) is 20.2 Å². The summed E-state index contributed by atoms with van der Waals surface area (Å²) in [5.41, 5.74) is 19.0. The fourth-order valence-electron chi connectivity index (χ4n) is 4.87. The monoisotopic (exact) mass is 714 g/mol. The predicted octanol–water partition coefficient (Wildman–Crippen LogP) is 1.29. The van der Waals surface area contributed by atoms with Gasteiger partial charge in [-0.3, -0.25) is 14.5 Å². The fourth-order valence-corrected chi connectivity index (χ4v) is 7.94. The highest BCUT2D eigenvalue weighted by atomic mass is 32.2. The molecule has 1 aromatic carbocycles. The van der Waals surface area contributed by atoms with Gasteiger partial charge in [0.05, 0.1) is 6.07 Å². The normalized spacial score (nSPS) is 17.9. The van der Waals surface area contributed by atoms with Crippen LogP contribution in [0.2, 0.25) is 0 Å². The number of aryl methyl sites for hydroxylation is 2. The maximum absolute atomic E-state index is 13.4. The minimum Gasteiger partial charge on any atom is -0.478 e. The number of carbonyl (C=O) groups excluding carboxylic acids is 2. The average molecular weight is 715 g/mol. The van der Waals surface area contributed by atoms with E-state index in [2.05, 4.69) is 20.4 Å². The van der Waals surface area contributed by atoms with Gasteiger partial charge in [0.2, 0.25) is 17.2 Å². The molecule has 16 nitrogen and oxygen atoms in total. The molecule has 2 aliphatic heterocycles. The molecule has 3 aromatic rings. The lowest BCUT2D eigenvalue weighted by Crippen LogP contribution is -2.71. The van der Waals surface area contributed by atoms with Crippen molar-refractivity contribution in [2.24, 2.45) is 5.16 Å². The van der Waals surface area contributed by atoms with Gasteiger partial charge in [-0.1, -0.05) is 27.8 Å². The second kappa shape index (κ2) is 13.3. The smallest absolute Gasteiger partial charge is 0.352 e. The average Bonchev–Trinajstić information content (AvgIpc) is 3.44. The SMILES string of the molecule is Cc1ccc(-[n+]2c(N)cc(N)nc2SCC2=C(C(=O)O)N3C(=O)C(NC(=O)/C(=N\OC(C)(C)C(=O)O)c4csc(N)n4)C3SC2)c(C)c1. The predicted molar refractivity (Wildman–Crippen MR) is 180 cm³/mol. The lowest BCUT2D eigenvalue weighted by Gasteiger charge is -2.49. The third kappa shape index (κ3) is 6.74. The number of carbonyl (C=O) groups is 4. The van der Waals surface area contributed by atoms with E-state index in [0.29, 0.717) is 16.5 Å². The number of hydrogen-bond acceptors (Lipinski definition) is 14. The first-order valence-electron chi connectivity index (χ1n) is 14.2. The lowest BCUT2D eigenvalue weighted by atomic mass is 10.0. The molecule has 0 radical (unpaired) electrons. The van der Waals surface area contributed by atoms with E-state index in [0.717, 1.165) is 33.1 Å². The first-order chi connectivity index (χ1) is 22.6. The molecule has 48 heavy (non-hydrogen) atoms. The van der Waals surface area contributed by atoms with E-state index in [4.69, 9.17) is 22.0 Å². The molecule has 0 spiro atoms. The number of nitrogens with two attached hydrogens (primary N) is 3. The first-order valence-corrected chi connectivity index (χ1v) is 17.1. The van der Waals surface area contributed by atoms with Crippen molar-refractivity contribution in [3.05, 3.63) is 57.7 Å². The van der Waals surface area contributed by atoms with E-state index in [1.54, 1.807) is 4.57 Å². The highest BCUT2D eigenvalue weighted by Gasteiger charge is 2.54. The van der Waals surface area contributed by atoms with E-state index >= 15 is 0 Å². The van der Waals surface area contributed by atoms with Crippen LogP contribution in [0.3, 0.4) is 0 Å². The van der Waals surface area contributed by atoms with Gasteiger partial charge in [-0.15, -0.1) is 23.1 Å². The Morgan fingerprint density at radius 1 is 1.19 bits per heavy atom. The summed E-state index contributed by atoms with van der Waals surface area (Å²) in [5, 5.41) is 27.2. The number of aliphatic carboxylic acids is 2. The summed E-state index contributed by atoms with van der Waals surface area (Å²) < 4.78 is 1.74. The number of anilines is 3. The first kappa shape index (κ1) is 34.5. The Morgan fingerprint density at radius 3 is 2.54 bits per heavy atom. The highest BCUT2D eigenvalue weighted by molar-refractivity contribution is 8.01. The number of nitrogen functional groups attached to an aromatic ring is 3. The molecule has 0 bridgehead atoms. The summed E-state index contributed by atoms with van der Waals surface area (Å²) >= 11 is 3.52. The molecule has 0 saturated carbocycles. The topological polar surface area (TPSA) is 253 Å². The van der Waals surface area contributed by atoms with Crippen LogP contribution < -0.4 is 27.1 Å². The van der Waals surface area contributed by atoms with E-state index < -0.39 is 46.5 Å². The van der Waals surface area contributed by atoms with Crippen LogP contribution in [0.15, 0.2) is 51.2 Å². The quantitative estimate of drug-likeness (QED) is 0.0409. The van der Waals surface area contributed by atoms with Crippen molar-refractivity contribution in [2.45, 2.75) is 49.9 Å². The van der Waals surface area contributed by atoms with Crippen molar-refractivity contribution in [3.63, 3.8) is 0 Å². The molecule has 1 fully saturated rings. The number of oxime groups is 1. The third-order valence-corrected chi connectivity index (χ3v) is 10.4. The molecule has 19 heteroatoms. The molecule has 9 N–H and O–H groups in total. The summed E-state index contributed by atoms with van der Waals surface area (Å²) in [7, 11) is 0. The standard InChI is InChI=1S/C29H31N9O7S3/c1-12-5-6-16(13(2)7-12)37-18(31)8-17(30)34-28(37)48-10-14-9-46-24-20(23(40)38(24)21(14)25(41)42)35-22(39)19(15-11-47-27(32)33-15)36-45-29(3,4)26(43)44/h5-8,11,20,24H,9-10H2,1-4H3,(H8,30,31,32,33,35,39,41,42,43,44)/p+1/b36-19-. The lowest BCUT2D eigenvalue weighted by molar-refractivity contribution is -0.626. The van der Waals surface area contributed by atoms with Crippen molar-refractivity contribution < 1.29 is 38.8 Å². The molecule has 2 amide bonds. The highest BCUT2D eigenvalue weighted by Crippen LogP contribution is 2.41. The second-order valence-corrected chi connectivity index (χ2v) is 14.3. The number of nitrogens with one attached hydrogen (secondary N) is 1. The van der Waals surface area contributed by atoms with Crippen molar-refractivity contribution in [2.75, 3.05) is 28.7 Å². The molecule has 2 aromatic heterocycles. The number of nitrogens with zero attached hydrogens (tertiary/aromatic N) is 5. The van der Waals surface area contributed by atoms with Crippen LogP contribution in [-0.2, 0) is 24.0 Å². The number of fused-ring (bicyclic) bond motifs is 1. The van der Waals surface area contributed by atoms with Gasteiger partial charge in [0.25, 0.3) is 11.8 Å². The van der Waals surface area contributed by atoms with Crippen molar-refractivity contribution in [1.29, 1.82) is 0 Å². The van der Waals surface area contributed by atoms with E-state index in [1.807, 2.05) is 32.0 Å². The van der Waals surface area contributed by atoms with E-state index in [9.17, 15) is 29.4 Å². The van der Waals surface area contributed by atoms with Crippen molar-refractivity contribution in [3.8, 4) is 5.69 Å². The number of thioether (sulfide) groups is 2. The van der Waals surface area contributed by atoms with Gasteiger partial charge in [-0.2, -0.15) is 4.57 Å². The van der Waals surface area contributed by atoms with Crippen LogP contribution in [0.5, 0.6) is 0 Å². The minimum absolute atomic E-state index is 0.00964. The summed E-state index contributed by atoms with van der Waals surface area (Å²) in [6.45, 7) is 6.40. The molecular weight excluding hydrogens is 683 g/mol. The Labute approximate surface area is 286 Å². The number of β-lactam (4-membered cyclic amide) rings is 1. The number of amides is 2. The zero-order valence-electron chi connectivity index (χ0n) is 26.1. The maximum atomic E-state index is 13.4. The number of carboxylic acids is 2. The Balaban J connectivity index is 1.37. The molecule has 4 heterocycles. The Hall–Kier alpha value is -4.88. The Kier molecular flexibility index (Phi) is 9.56. The Bertz CT molecular complexity index is 1910. The summed E-state index contributed by atoms with van der Waals surface area (Å²) in [6, 6.07) is 6.29. The molecular formula is C29H32N9O7S3+. The van der Waals surface area contributed by atoms with Crippen molar-refractivity contribution >= 4 is 81.1 Å². The number of thiazole rings is 1. The number of hydrogen-bond donors (Lipinski definition) is 6. The Morgan fingerprint density at radius 2 is 1.92 bits per heavy atom. The van der Waals surface area contributed by atoms with Gasteiger partial charge in [0.1, 0.15) is 28.5 Å². The second-order valence-electron chi connectivity index (χ2n) is 11.3. The molecule has 2 unspecified atom stereocenters. The van der Waals surface area contributed by atoms with E-state index in [1.165, 1.54) is 48.8 Å². The van der Waals surface area contributed by atoms with Crippen LogP contribution in [0, 0.1) is 13.8 Å². The zero-order valence-corrected chi connectivity index (χ0v) is 28.5. The van der Waals surface area contributed by atoms with Gasteiger partial charge in [0, 0.05) is 16.9 Å². The summed E-state index contributed by atoms with van der Waals surface area (Å²) in [5.74, 6) is -3.25. The van der Waals surface area contributed by atoms with Gasteiger partial charge < -0.3 is 37.6 Å². The van der Waals surface area contributed by atoms with Gasteiger partial charge in [-0.25, -0.2) is 14.6 Å². The van der Waals surface area contributed by atoms with Crippen LogP contribution in [0.4, 0.5) is 16.8 Å². The number of carboxylic acid groups (broad SMARTS) is 2. The molecule has 2 atom stereocenters. The molecule has 5 rings (SSSR count). The molecule has 2 aliphatic rings.